The molecule has 1 aliphatic heterocycles. The van der Waals surface area contributed by atoms with Crippen molar-refractivity contribution in [1.29, 1.82) is 0 Å². The lowest BCUT2D eigenvalue weighted by molar-refractivity contribution is -0.0672. The standard InChI is InChI=1S/C16H28N4O3/c1-11-8-20(9-12(2)22-11)7-6-17-16(21)19(5)10-15-13(3)18-23-14(15)4/h11-12H,6-10H2,1-5H3,(H,17,21)/t11-,12+. The molecule has 1 N–H and O–H groups in total. The Labute approximate surface area is 137 Å². The van der Waals surface area contributed by atoms with Gasteiger partial charge in [0.2, 0.25) is 0 Å². The molecule has 1 aromatic rings. The predicted octanol–water partition coefficient (Wildman–Crippen LogP) is 1.54. The zero-order valence-corrected chi connectivity index (χ0v) is 14.8. The number of carbonyl (C=O) groups excluding carboxylic acids is 1. The zero-order chi connectivity index (χ0) is 17.0. The Morgan fingerprint density at radius 1 is 1.35 bits per heavy atom. The lowest BCUT2D eigenvalue weighted by Crippen LogP contribution is -2.48. The third kappa shape index (κ3) is 4.94. The van der Waals surface area contributed by atoms with Gasteiger partial charge in [-0.1, -0.05) is 5.16 Å². The van der Waals surface area contributed by atoms with Crippen molar-refractivity contribution >= 4 is 6.03 Å². The molecule has 0 aromatic carbocycles. The molecular formula is C16H28N4O3. The predicted molar refractivity (Wildman–Crippen MR) is 87.3 cm³/mol. The Kier molecular flexibility index (Phi) is 6.01. The van der Waals surface area contributed by atoms with E-state index in [1.54, 1.807) is 11.9 Å². The number of carbonyl (C=O) groups is 1. The molecule has 0 radical (unpaired) electrons. The number of urea groups is 1. The van der Waals surface area contributed by atoms with Crippen LogP contribution in [0.25, 0.3) is 0 Å². The number of hydrogen-bond donors (Lipinski definition) is 1. The van der Waals surface area contributed by atoms with E-state index in [0.717, 1.165) is 36.7 Å². The van der Waals surface area contributed by atoms with Gasteiger partial charge in [-0.3, -0.25) is 4.90 Å². The Bertz CT molecular complexity index is 502. The molecule has 23 heavy (non-hydrogen) atoms. The molecule has 0 unspecified atom stereocenters. The SMILES string of the molecule is Cc1noc(C)c1CN(C)C(=O)NCCN1C[C@@H](C)O[C@@H](C)C1. The minimum Gasteiger partial charge on any atom is -0.373 e. The van der Waals surface area contributed by atoms with Gasteiger partial charge in [0.1, 0.15) is 5.76 Å². The van der Waals surface area contributed by atoms with Crippen molar-refractivity contribution in [2.45, 2.75) is 46.4 Å². The molecule has 7 heteroatoms. The van der Waals surface area contributed by atoms with Crippen LogP contribution in [0.2, 0.25) is 0 Å². The molecule has 0 saturated carbocycles. The highest BCUT2D eigenvalue weighted by Crippen LogP contribution is 2.14. The highest BCUT2D eigenvalue weighted by Gasteiger charge is 2.22. The summed E-state index contributed by atoms with van der Waals surface area (Å²) >= 11 is 0. The van der Waals surface area contributed by atoms with Crippen LogP contribution in [-0.2, 0) is 11.3 Å². The number of rotatable bonds is 5. The molecule has 1 aromatic heterocycles. The van der Waals surface area contributed by atoms with Crippen molar-refractivity contribution in [3.63, 3.8) is 0 Å². The van der Waals surface area contributed by atoms with Gasteiger partial charge in [0.05, 0.1) is 24.4 Å². The Morgan fingerprint density at radius 2 is 2.00 bits per heavy atom. The van der Waals surface area contributed by atoms with Crippen LogP contribution in [0.1, 0.15) is 30.9 Å². The topological polar surface area (TPSA) is 70.8 Å². The van der Waals surface area contributed by atoms with E-state index >= 15 is 0 Å². The summed E-state index contributed by atoms with van der Waals surface area (Å²) in [4.78, 5) is 16.2. The minimum absolute atomic E-state index is 0.0839. The van der Waals surface area contributed by atoms with Crippen LogP contribution < -0.4 is 5.32 Å². The molecule has 0 bridgehead atoms. The smallest absolute Gasteiger partial charge is 0.317 e. The Morgan fingerprint density at radius 3 is 2.57 bits per heavy atom. The van der Waals surface area contributed by atoms with Crippen LogP contribution in [0.15, 0.2) is 4.52 Å². The summed E-state index contributed by atoms with van der Waals surface area (Å²) in [6.07, 6.45) is 0.494. The first kappa shape index (κ1) is 17.7. The molecular weight excluding hydrogens is 296 g/mol. The van der Waals surface area contributed by atoms with Crippen LogP contribution >= 0.6 is 0 Å². The van der Waals surface area contributed by atoms with Gasteiger partial charge >= 0.3 is 6.03 Å². The van der Waals surface area contributed by atoms with Crippen LogP contribution in [-0.4, -0.2) is 66.4 Å². The summed E-state index contributed by atoms with van der Waals surface area (Å²) in [5.41, 5.74) is 1.80. The normalized spacial score (nSPS) is 22.1. The summed E-state index contributed by atoms with van der Waals surface area (Å²) in [5.74, 6) is 0.762. The number of hydrogen-bond acceptors (Lipinski definition) is 5. The first-order valence-electron chi connectivity index (χ1n) is 8.15. The molecule has 7 nitrogen and oxygen atoms in total. The third-order valence-corrected chi connectivity index (χ3v) is 4.12. The summed E-state index contributed by atoms with van der Waals surface area (Å²) < 4.78 is 10.8. The lowest BCUT2D eigenvalue weighted by Gasteiger charge is -2.35. The number of aryl methyl sites for hydroxylation is 2. The van der Waals surface area contributed by atoms with Crippen molar-refractivity contribution in [1.82, 2.24) is 20.3 Å². The second-order valence-electron chi connectivity index (χ2n) is 6.41. The quantitative estimate of drug-likeness (QED) is 0.890. The van der Waals surface area contributed by atoms with Crippen LogP contribution in [0.5, 0.6) is 0 Å². The maximum absolute atomic E-state index is 12.2. The van der Waals surface area contributed by atoms with Crippen molar-refractivity contribution < 1.29 is 14.1 Å². The fourth-order valence-electron chi connectivity index (χ4n) is 2.96. The molecule has 2 rings (SSSR count). The third-order valence-electron chi connectivity index (χ3n) is 4.12. The molecule has 0 aliphatic carbocycles. The van der Waals surface area contributed by atoms with Crippen molar-refractivity contribution in [2.24, 2.45) is 0 Å². The van der Waals surface area contributed by atoms with Gasteiger partial charge < -0.3 is 19.5 Å². The lowest BCUT2D eigenvalue weighted by atomic mass is 10.2. The number of nitrogens with one attached hydrogen (secondary N) is 1. The second-order valence-corrected chi connectivity index (χ2v) is 6.41. The summed E-state index contributed by atoms with van der Waals surface area (Å²) in [7, 11) is 1.78. The highest BCUT2D eigenvalue weighted by atomic mass is 16.5. The molecule has 2 heterocycles. The van der Waals surface area contributed by atoms with Crippen LogP contribution in [0.3, 0.4) is 0 Å². The average molecular weight is 324 g/mol. The van der Waals surface area contributed by atoms with Crippen LogP contribution in [0.4, 0.5) is 4.79 Å². The van der Waals surface area contributed by atoms with E-state index < -0.39 is 0 Å². The van der Waals surface area contributed by atoms with Gasteiger partial charge in [-0.05, 0) is 27.7 Å². The molecule has 2 atom stereocenters. The highest BCUT2D eigenvalue weighted by molar-refractivity contribution is 5.73. The number of ether oxygens (including phenoxy) is 1. The largest absolute Gasteiger partial charge is 0.373 e. The van der Waals surface area contributed by atoms with E-state index in [1.165, 1.54) is 0 Å². The van der Waals surface area contributed by atoms with Gasteiger partial charge in [0.25, 0.3) is 0 Å². The maximum atomic E-state index is 12.2. The van der Waals surface area contributed by atoms with Crippen LogP contribution in [0, 0.1) is 13.8 Å². The fraction of sp³-hybridized carbons (Fsp3) is 0.750. The first-order chi connectivity index (χ1) is 10.9. The number of aromatic nitrogens is 1. The van der Waals surface area contributed by atoms with Gasteiger partial charge in [0.15, 0.2) is 0 Å². The summed E-state index contributed by atoms with van der Waals surface area (Å²) in [5, 5.41) is 6.88. The Balaban J connectivity index is 1.74. The molecule has 2 amide bonds. The average Bonchev–Trinajstić information content (AvgIpc) is 2.78. The molecule has 1 saturated heterocycles. The first-order valence-corrected chi connectivity index (χ1v) is 8.15. The van der Waals surface area contributed by atoms with E-state index in [1.807, 2.05) is 13.8 Å². The fourth-order valence-corrected chi connectivity index (χ4v) is 2.96. The van der Waals surface area contributed by atoms with Crippen molar-refractivity contribution in [3.05, 3.63) is 17.0 Å². The summed E-state index contributed by atoms with van der Waals surface area (Å²) in [6.45, 7) is 11.7. The van der Waals surface area contributed by atoms with E-state index in [-0.39, 0.29) is 18.2 Å². The molecule has 1 fully saturated rings. The van der Waals surface area contributed by atoms with E-state index in [9.17, 15) is 4.79 Å². The van der Waals surface area contributed by atoms with Gasteiger partial charge in [-0.25, -0.2) is 4.79 Å². The number of amides is 2. The second kappa shape index (κ2) is 7.79. The van der Waals surface area contributed by atoms with Crippen molar-refractivity contribution in [3.8, 4) is 0 Å². The number of nitrogens with zero attached hydrogens (tertiary/aromatic N) is 3. The van der Waals surface area contributed by atoms with E-state index in [4.69, 9.17) is 9.26 Å². The van der Waals surface area contributed by atoms with Gasteiger partial charge in [-0.15, -0.1) is 0 Å². The maximum Gasteiger partial charge on any atom is 0.317 e. The Hall–Kier alpha value is -1.60. The zero-order valence-electron chi connectivity index (χ0n) is 14.8. The molecule has 0 spiro atoms. The van der Waals surface area contributed by atoms with E-state index in [2.05, 4.69) is 29.2 Å². The monoisotopic (exact) mass is 324 g/mol. The summed E-state index contributed by atoms with van der Waals surface area (Å²) in [6, 6.07) is -0.0839. The van der Waals surface area contributed by atoms with E-state index in [0.29, 0.717) is 13.1 Å². The van der Waals surface area contributed by atoms with Gasteiger partial charge in [0, 0.05) is 38.8 Å². The van der Waals surface area contributed by atoms with Gasteiger partial charge in [-0.2, -0.15) is 0 Å². The minimum atomic E-state index is -0.0839. The number of morpholine rings is 1. The van der Waals surface area contributed by atoms with Crippen molar-refractivity contribution in [2.75, 3.05) is 33.2 Å². The molecule has 1 aliphatic rings. The molecule has 130 valence electrons.